The van der Waals surface area contributed by atoms with Crippen LogP contribution in [-0.4, -0.2) is 37.1 Å². The first-order valence-corrected chi connectivity index (χ1v) is 11.1. The molecular weight excluding hydrogens is 384 g/mol. The third kappa shape index (κ3) is 3.88. The molecule has 0 N–H and O–H groups in total. The van der Waals surface area contributed by atoms with E-state index >= 15 is 0 Å². The van der Waals surface area contributed by atoms with E-state index in [0.29, 0.717) is 21.9 Å². The van der Waals surface area contributed by atoms with Gasteiger partial charge in [0.15, 0.2) is 21.3 Å². The Labute approximate surface area is 163 Å². The highest BCUT2D eigenvalue weighted by Gasteiger charge is 2.28. The van der Waals surface area contributed by atoms with Crippen molar-refractivity contribution in [2.45, 2.75) is 30.7 Å². The summed E-state index contributed by atoms with van der Waals surface area (Å²) in [6, 6.07) is 12.8. The van der Waals surface area contributed by atoms with Crippen LogP contribution in [0.1, 0.15) is 30.7 Å². The Morgan fingerprint density at radius 1 is 1.26 bits per heavy atom. The van der Waals surface area contributed by atoms with E-state index in [1.165, 1.54) is 5.56 Å². The van der Waals surface area contributed by atoms with Crippen molar-refractivity contribution < 1.29 is 12.8 Å². The number of fused-ring (bicyclic) bond motifs is 1. The Morgan fingerprint density at radius 2 is 2.11 bits per heavy atom. The lowest BCUT2D eigenvalue weighted by Crippen LogP contribution is -2.19. The molecule has 1 unspecified atom stereocenters. The molecule has 0 amide bonds. The van der Waals surface area contributed by atoms with Gasteiger partial charge in [-0.05, 0) is 48.9 Å². The molecule has 2 heterocycles. The van der Waals surface area contributed by atoms with Gasteiger partial charge in [-0.3, -0.25) is 4.90 Å². The first kappa shape index (κ1) is 18.5. The van der Waals surface area contributed by atoms with Crippen LogP contribution in [0.5, 0.6) is 0 Å². The van der Waals surface area contributed by atoms with Crippen LogP contribution >= 0.6 is 11.6 Å². The summed E-state index contributed by atoms with van der Waals surface area (Å²) in [5, 5.41) is 0.750. The maximum absolute atomic E-state index is 12.1. The van der Waals surface area contributed by atoms with Crippen LogP contribution in [0, 0.1) is 0 Å². The van der Waals surface area contributed by atoms with E-state index < -0.39 is 9.84 Å². The number of nitrogens with zero attached hydrogens (tertiary/aromatic N) is 2. The van der Waals surface area contributed by atoms with Gasteiger partial charge in [-0.25, -0.2) is 13.4 Å². The van der Waals surface area contributed by atoms with Crippen LogP contribution in [0.25, 0.3) is 11.1 Å². The molecule has 27 heavy (non-hydrogen) atoms. The molecule has 4 rings (SSSR count). The van der Waals surface area contributed by atoms with Crippen molar-refractivity contribution in [2.24, 2.45) is 0 Å². The second kappa shape index (κ2) is 7.26. The van der Waals surface area contributed by atoms with Gasteiger partial charge in [-0.2, -0.15) is 0 Å². The highest BCUT2D eigenvalue weighted by atomic mass is 35.5. The molecule has 1 aromatic heterocycles. The van der Waals surface area contributed by atoms with Gasteiger partial charge >= 0.3 is 0 Å². The molecule has 1 saturated heterocycles. The second-order valence-corrected chi connectivity index (χ2v) is 9.65. The molecule has 0 spiro atoms. The van der Waals surface area contributed by atoms with Gasteiger partial charge in [-0.15, -0.1) is 0 Å². The van der Waals surface area contributed by atoms with Gasteiger partial charge in [0, 0.05) is 24.0 Å². The van der Waals surface area contributed by atoms with Crippen molar-refractivity contribution in [3.05, 3.63) is 58.9 Å². The predicted octanol–water partition coefficient (Wildman–Crippen LogP) is 4.26. The number of aromatic nitrogens is 1. The molecule has 7 heteroatoms. The van der Waals surface area contributed by atoms with Crippen molar-refractivity contribution in [3.8, 4) is 0 Å². The summed E-state index contributed by atoms with van der Waals surface area (Å²) in [6.07, 6.45) is 0.966. The smallest absolute Gasteiger partial charge is 0.199 e. The third-order valence-electron chi connectivity index (χ3n) is 5.03. The molecule has 0 bridgehead atoms. The van der Waals surface area contributed by atoms with Crippen molar-refractivity contribution in [1.29, 1.82) is 0 Å². The molecule has 3 aromatic rings. The Hall–Kier alpha value is -1.89. The number of likely N-dealkylation sites (tertiary alicyclic amines) is 1. The number of oxazole rings is 1. The zero-order chi connectivity index (χ0) is 19.0. The standard InChI is InChI=1S/C20H21ClN2O3S/c1-2-27(24,25)17-6-7-19-18(11-17)22-20(26-19)15-8-9-23(13-15)12-14-4-3-5-16(21)10-14/h3-7,10-11,15H,2,8-9,12-13H2,1H3. The fourth-order valence-corrected chi connectivity index (χ4v) is 4.64. The van der Waals surface area contributed by atoms with Gasteiger partial charge in [0.2, 0.25) is 0 Å². The zero-order valence-electron chi connectivity index (χ0n) is 15.1. The molecule has 5 nitrogen and oxygen atoms in total. The summed E-state index contributed by atoms with van der Waals surface area (Å²) in [6.45, 7) is 4.31. The molecule has 142 valence electrons. The van der Waals surface area contributed by atoms with E-state index in [1.54, 1.807) is 25.1 Å². The molecule has 0 aliphatic carbocycles. The van der Waals surface area contributed by atoms with E-state index in [-0.39, 0.29) is 11.7 Å². The predicted molar refractivity (Wildman–Crippen MR) is 106 cm³/mol. The minimum Gasteiger partial charge on any atom is -0.440 e. The fraction of sp³-hybridized carbons (Fsp3) is 0.350. The van der Waals surface area contributed by atoms with Gasteiger partial charge < -0.3 is 4.42 Å². The van der Waals surface area contributed by atoms with E-state index in [2.05, 4.69) is 16.0 Å². The average molecular weight is 405 g/mol. The number of hydrogen-bond acceptors (Lipinski definition) is 5. The first-order valence-electron chi connectivity index (χ1n) is 9.04. The molecule has 0 saturated carbocycles. The Balaban J connectivity index is 1.51. The van der Waals surface area contributed by atoms with Crippen molar-refractivity contribution in [3.63, 3.8) is 0 Å². The van der Waals surface area contributed by atoms with Crippen LogP contribution in [-0.2, 0) is 16.4 Å². The van der Waals surface area contributed by atoms with Crippen LogP contribution < -0.4 is 0 Å². The molecule has 1 fully saturated rings. The summed E-state index contributed by atoms with van der Waals surface area (Å²) >= 11 is 6.07. The van der Waals surface area contributed by atoms with E-state index in [1.807, 2.05) is 18.2 Å². The summed E-state index contributed by atoms with van der Waals surface area (Å²) in [5.74, 6) is 0.970. The monoisotopic (exact) mass is 404 g/mol. The average Bonchev–Trinajstić information content (AvgIpc) is 3.27. The van der Waals surface area contributed by atoms with Crippen molar-refractivity contribution >= 4 is 32.5 Å². The van der Waals surface area contributed by atoms with Crippen molar-refractivity contribution in [2.75, 3.05) is 18.8 Å². The van der Waals surface area contributed by atoms with Gasteiger partial charge in [0.25, 0.3) is 0 Å². The fourth-order valence-electron chi connectivity index (χ4n) is 3.53. The normalized spacial score (nSPS) is 18.4. The first-order chi connectivity index (χ1) is 12.9. The van der Waals surface area contributed by atoms with Gasteiger partial charge in [0.05, 0.1) is 10.6 Å². The third-order valence-corrected chi connectivity index (χ3v) is 7.00. The zero-order valence-corrected chi connectivity index (χ0v) is 16.6. The summed E-state index contributed by atoms with van der Waals surface area (Å²) in [4.78, 5) is 7.24. The lowest BCUT2D eigenvalue weighted by molar-refractivity contribution is 0.321. The lowest BCUT2D eigenvalue weighted by atomic mass is 10.1. The molecular formula is C20H21ClN2O3S. The molecule has 0 radical (unpaired) electrons. The summed E-state index contributed by atoms with van der Waals surface area (Å²) in [7, 11) is -3.25. The largest absolute Gasteiger partial charge is 0.440 e. The summed E-state index contributed by atoms with van der Waals surface area (Å²) in [5.41, 5.74) is 2.43. The Kier molecular flexibility index (Phi) is 4.97. The Morgan fingerprint density at radius 3 is 2.89 bits per heavy atom. The maximum Gasteiger partial charge on any atom is 0.199 e. The van der Waals surface area contributed by atoms with Crippen LogP contribution in [0.3, 0.4) is 0 Å². The van der Waals surface area contributed by atoms with Crippen LogP contribution in [0.4, 0.5) is 0 Å². The number of benzene rings is 2. The minimum atomic E-state index is -3.25. The molecule has 2 aromatic carbocycles. The highest BCUT2D eigenvalue weighted by molar-refractivity contribution is 7.91. The SMILES string of the molecule is CCS(=O)(=O)c1ccc2oc(C3CCN(Cc4cccc(Cl)c4)C3)nc2c1. The molecule has 1 aliphatic heterocycles. The highest BCUT2D eigenvalue weighted by Crippen LogP contribution is 2.31. The van der Waals surface area contributed by atoms with Crippen LogP contribution in [0.2, 0.25) is 5.02 Å². The van der Waals surface area contributed by atoms with E-state index in [0.717, 1.165) is 31.1 Å². The van der Waals surface area contributed by atoms with E-state index in [9.17, 15) is 8.42 Å². The number of sulfone groups is 1. The number of halogens is 1. The minimum absolute atomic E-state index is 0.0737. The quantitative estimate of drug-likeness (QED) is 0.635. The molecule has 1 aliphatic rings. The molecule has 1 atom stereocenters. The van der Waals surface area contributed by atoms with E-state index in [4.69, 9.17) is 16.0 Å². The second-order valence-electron chi connectivity index (χ2n) is 6.94. The van der Waals surface area contributed by atoms with Crippen molar-refractivity contribution in [1.82, 2.24) is 9.88 Å². The van der Waals surface area contributed by atoms with Gasteiger partial charge in [0.1, 0.15) is 5.52 Å². The van der Waals surface area contributed by atoms with Crippen LogP contribution in [0.15, 0.2) is 51.8 Å². The Bertz CT molecular complexity index is 1080. The summed E-state index contributed by atoms with van der Waals surface area (Å²) < 4.78 is 30.1. The topological polar surface area (TPSA) is 63.4 Å². The lowest BCUT2D eigenvalue weighted by Gasteiger charge is -2.15. The van der Waals surface area contributed by atoms with Gasteiger partial charge in [-0.1, -0.05) is 30.7 Å². The number of hydrogen-bond donors (Lipinski definition) is 0. The number of rotatable bonds is 5. The maximum atomic E-state index is 12.1.